The van der Waals surface area contributed by atoms with Crippen molar-refractivity contribution in [2.45, 2.75) is 38.7 Å². The van der Waals surface area contributed by atoms with Gasteiger partial charge in [0, 0.05) is 5.41 Å². The molecule has 0 unspecified atom stereocenters. The van der Waals surface area contributed by atoms with Crippen molar-refractivity contribution in [3.05, 3.63) is 35.9 Å². The number of hydrogen-bond acceptors (Lipinski definition) is 1. The molecule has 0 fully saturated rings. The van der Waals surface area contributed by atoms with E-state index in [-0.39, 0.29) is 11.5 Å². The van der Waals surface area contributed by atoms with Gasteiger partial charge in [0.2, 0.25) is 0 Å². The lowest BCUT2D eigenvalue weighted by atomic mass is 9.76. The predicted molar refractivity (Wildman–Crippen MR) is 55.8 cm³/mol. The molecule has 0 aromatic heterocycles. The van der Waals surface area contributed by atoms with Crippen molar-refractivity contribution in [1.82, 2.24) is 0 Å². The van der Waals surface area contributed by atoms with Crippen molar-refractivity contribution in [2.24, 2.45) is 0 Å². The number of hydrogen-bond donors (Lipinski definition) is 1. The second kappa shape index (κ2) is 3.93. The SMILES string of the molecule is CC[C@@](C)(c1ccccc1)[C@@H](C)O. The minimum absolute atomic E-state index is 0.110. The molecule has 1 aromatic rings. The molecule has 1 aromatic carbocycles. The molecule has 1 rings (SSSR count). The van der Waals surface area contributed by atoms with E-state index in [9.17, 15) is 5.11 Å². The van der Waals surface area contributed by atoms with Crippen LogP contribution >= 0.6 is 0 Å². The maximum absolute atomic E-state index is 9.72. The summed E-state index contributed by atoms with van der Waals surface area (Å²) in [6.07, 6.45) is 0.647. The van der Waals surface area contributed by atoms with Crippen LogP contribution in [0.1, 0.15) is 32.8 Å². The zero-order valence-corrected chi connectivity index (χ0v) is 8.62. The minimum Gasteiger partial charge on any atom is -0.393 e. The van der Waals surface area contributed by atoms with Crippen LogP contribution < -0.4 is 0 Å². The number of aliphatic hydroxyl groups is 1. The fourth-order valence-corrected chi connectivity index (χ4v) is 1.56. The molecule has 72 valence electrons. The lowest BCUT2D eigenvalue weighted by Gasteiger charge is -2.32. The Kier molecular flexibility index (Phi) is 3.10. The average Bonchev–Trinajstić information content (AvgIpc) is 2.17. The summed E-state index contributed by atoms with van der Waals surface area (Å²) >= 11 is 0. The normalized spacial score (nSPS) is 17.8. The standard InChI is InChI=1S/C12H18O/c1-4-12(3,10(2)13)11-8-6-5-7-9-11/h5-10,13H,4H2,1-3H3/t10-,12-/m1/s1. The molecule has 0 aliphatic heterocycles. The van der Waals surface area contributed by atoms with E-state index in [4.69, 9.17) is 0 Å². The second-order valence-electron chi connectivity index (χ2n) is 3.81. The summed E-state index contributed by atoms with van der Waals surface area (Å²) in [6.45, 7) is 6.07. The summed E-state index contributed by atoms with van der Waals surface area (Å²) in [5.41, 5.74) is 1.11. The predicted octanol–water partition coefficient (Wildman–Crippen LogP) is 2.74. The summed E-state index contributed by atoms with van der Waals surface area (Å²) in [6, 6.07) is 10.2. The molecule has 0 spiro atoms. The highest BCUT2D eigenvalue weighted by Crippen LogP contribution is 2.30. The van der Waals surface area contributed by atoms with Crippen molar-refractivity contribution in [2.75, 3.05) is 0 Å². The van der Waals surface area contributed by atoms with Crippen LogP contribution in [0.25, 0.3) is 0 Å². The van der Waals surface area contributed by atoms with E-state index < -0.39 is 0 Å². The van der Waals surface area contributed by atoms with E-state index in [2.05, 4.69) is 26.0 Å². The first-order valence-corrected chi connectivity index (χ1v) is 4.85. The largest absolute Gasteiger partial charge is 0.393 e. The molecular formula is C12H18O. The fraction of sp³-hybridized carbons (Fsp3) is 0.500. The number of aliphatic hydroxyl groups excluding tert-OH is 1. The Morgan fingerprint density at radius 3 is 2.23 bits per heavy atom. The molecule has 1 heteroatoms. The quantitative estimate of drug-likeness (QED) is 0.754. The molecule has 0 heterocycles. The van der Waals surface area contributed by atoms with Gasteiger partial charge in [0.15, 0.2) is 0 Å². The number of benzene rings is 1. The van der Waals surface area contributed by atoms with Crippen molar-refractivity contribution in [3.8, 4) is 0 Å². The summed E-state index contributed by atoms with van der Waals surface area (Å²) in [4.78, 5) is 0. The van der Waals surface area contributed by atoms with E-state index in [1.54, 1.807) is 0 Å². The van der Waals surface area contributed by atoms with Gasteiger partial charge in [-0.1, -0.05) is 44.2 Å². The van der Waals surface area contributed by atoms with Gasteiger partial charge in [-0.05, 0) is 18.9 Å². The van der Waals surface area contributed by atoms with Gasteiger partial charge in [0.05, 0.1) is 6.10 Å². The monoisotopic (exact) mass is 178 g/mol. The Morgan fingerprint density at radius 2 is 1.85 bits per heavy atom. The van der Waals surface area contributed by atoms with Gasteiger partial charge in [-0.15, -0.1) is 0 Å². The van der Waals surface area contributed by atoms with Gasteiger partial charge >= 0.3 is 0 Å². The first kappa shape index (κ1) is 10.3. The molecule has 0 aliphatic rings. The summed E-state index contributed by atoms with van der Waals surface area (Å²) < 4.78 is 0. The zero-order chi connectivity index (χ0) is 9.90. The van der Waals surface area contributed by atoms with Crippen LogP contribution in [0.4, 0.5) is 0 Å². The van der Waals surface area contributed by atoms with Crippen LogP contribution in [0.2, 0.25) is 0 Å². The van der Waals surface area contributed by atoms with Crippen LogP contribution in [0.3, 0.4) is 0 Å². The molecule has 0 radical (unpaired) electrons. The van der Waals surface area contributed by atoms with Crippen LogP contribution in [-0.4, -0.2) is 11.2 Å². The Morgan fingerprint density at radius 1 is 1.31 bits per heavy atom. The Bertz CT molecular complexity index is 253. The zero-order valence-electron chi connectivity index (χ0n) is 8.62. The molecule has 0 saturated heterocycles. The Balaban J connectivity index is 3.03. The maximum atomic E-state index is 9.72. The van der Waals surface area contributed by atoms with Crippen LogP contribution in [-0.2, 0) is 5.41 Å². The van der Waals surface area contributed by atoms with E-state index in [1.807, 2.05) is 25.1 Å². The first-order chi connectivity index (χ1) is 6.11. The smallest absolute Gasteiger partial charge is 0.0605 e. The molecular weight excluding hydrogens is 160 g/mol. The summed E-state index contributed by atoms with van der Waals surface area (Å²) in [5, 5.41) is 9.72. The van der Waals surface area contributed by atoms with Crippen molar-refractivity contribution >= 4 is 0 Å². The highest BCUT2D eigenvalue weighted by Gasteiger charge is 2.29. The maximum Gasteiger partial charge on any atom is 0.0605 e. The molecule has 0 saturated carbocycles. The van der Waals surface area contributed by atoms with Crippen LogP contribution in [0, 0.1) is 0 Å². The molecule has 13 heavy (non-hydrogen) atoms. The van der Waals surface area contributed by atoms with E-state index in [0.717, 1.165) is 6.42 Å². The fourth-order valence-electron chi connectivity index (χ4n) is 1.56. The number of rotatable bonds is 3. The van der Waals surface area contributed by atoms with Gasteiger partial charge in [-0.25, -0.2) is 0 Å². The van der Waals surface area contributed by atoms with Gasteiger partial charge < -0.3 is 5.11 Å². The van der Waals surface area contributed by atoms with Crippen molar-refractivity contribution < 1.29 is 5.11 Å². The molecule has 0 aliphatic carbocycles. The van der Waals surface area contributed by atoms with E-state index >= 15 is 0 Å². The van der Waals surface area contributed by atoms with Crippen molar-refractivity contribution in [3.63, 3.8) is 0 Å². The lowest BCUT2D eigenvalue weighted by molar-refractivity contribution is 0.104. The average molecular weight is 178 g/mol. The molecule has 1 N–H and O–H groups in total. The summed E-state index contributed by atoms with van der Waals surface area (Å²) in [5.74, 6) is 0. The third kappa shape index (κ3) is 1.92. The molecule has 2 atom stereocenters. The molecule has 1 nitrogen and oxygen atoms in total. The van der Waals surface area contributed by atoms with Crippen molar-refractivity contribution in [1.29, 1.82) is 0 Å². The Hall–Kier alpha value is -0.820. The second-order valence-corrected chi connectivity index (χ2v) is 3.81. The minimum atomic E-state index is -0.306. The van der Waals surface area contributed by atoms with Gasteiger partial charge in [-0.3, -0.25) is 0 Å². The lowest BCUT2D eigenvalue weighted by Crippen LogP contribution is -2.33. The van der Waals surface area contributed by atoms with Gasteiger partial charge in [0.25, 0.3) is 0 Å². The van der Waals surface area contributed by atoms with E-state index in [1.165, 1.54) is 5.56 Å². The highest BCUT2D eigenvalue weighted by atomic mass is 16.3. The van der Waals surface area contributed by atoms with E-state index in [0.29, 0.717) is 0 Å². The third-order valence-corrected chi connectivity index (χ3v) is 3.09. The van der Waals surface area contributed by atoms with Gasteiger partial charge in [-0.2, -0.15) is 0 Å². The van der Waals surface area contributed by atoms with Crippen LogP contribution in [0.15, 0.2) is 30.3 Å². The van der Waals surface area contributed by atoms with Gasteiger partial charge in [0.1, 0.15) is 0 Å². The summed E-state index contributed by atoms with van der Waals surface area (Å²) in [7, 11) is 0. The Labute approximate surface area is 80.4 Å². The molecule has 0 amide bonds. The topological polar surface area (TPSA) is 20.2 Å². The molecule has 0 bridgehead atoms. The third-order valence-electron chi connectivity index (χ3n) is 3.09. The van der Waals surface area contributed by atoms with Crippen LogP contribution in [0.5, 0.6) is 0 Å². The highest BCUT2D eigenvalue weighted by molar-refractivity contribution is 5.25. The first-order valence-electron chi connectivity index (χ1n) is 4.85.